The lowest BCUT2D eigenvalue weighted by molar-refractivity contribution is -0.141. The lowest BCUT2D eigenvalue weighted by Gasteiger charge is -2.08. The highest BCUT2D eigenvalue weighted by Gasteiger charge is 2.14. The molecule has 0 aliphatic heterocycles. The number of hydrogen-bond donors (Lipinski definition) is 0. The van der Waals surface area contributed by atoms with E-state index in [-0.39, 0.29) is 24.9 Å². The van der Waals surface area contributed by atoms with Gasteiger partial charge in [0.05, 0.1) is 5.75 Å². The number of carbonyl (C=O) groups excluding carboxylic acids is 1. The fraction of sp³-hybridized carbons (Fsp3) is 0.250. The molecule has 0 unspecified atom stereocenters. The molecule has 0 atom stereocenters. The third-order valence-electron chi connectivity index (χ3n) is 3.81. The SMILES string of the molecule is CCn1c(SCC(=O)OCCOc2ccc(Cl)cc2)nnc1-c1ccccc1. The van der Waals surface area contributed by atoms with Crippen molar-refractivity contribution in [1.29, 1.82) is 0 Å². The Bertz CT molecular complexity index is 901. The van der Waals surface area contributed by atoms with E-state index in [1.807, 2.05) is 41.8 Å². The molecule has 0 saturated carbocycles. The van der Waals surface area contributed by atoms with Gasteiger partial charge in [-0.2, -0.15) is 0 Å². The van der Waals surface area contributed by atoms with Gasteiger partial charge in [0.25, 0.3) is 0 Å². The average Bonchev–Trinajstić information content (AvgIpc) is 3.14. The van der Waals surface area contributed by atoms with Crippen LogP contribution in [0.3, 0.4) is 0 Å². The number of esters is 1. The summed E-state index contributed by atoms with van der Waals surface area (Å²) in [7, 11) is 0. The zero-order valence-electron chi connectivity index (χ0n) is 15.4. The fourth-order valence-corrected chi connectivity index (χ4v) is 3.42. The standard InChI is InChI=1S/C20H20ClN3O3S/c1-2-24-19(15-6-4-3-5-7-15)22-23-20(24)28-14-18(25)27-13-12-26-17-10-8-16(21)9-11-17/h3-11H,2,12-14H2,1H3. The summed E-state index contributed by atoms with van der Waals surface area (Å²) in [4.78, 5) is 12.0. The lowest BCUT2D eigenvalue weighted by Crippen LogP contribution is -2.14. The first-order valence-electron chi connectivity index (χ1n) is 8.82. The number of ether oxygens (including phenoxy) is 2. The fourth-order valence-electron chi connectivity index (χ4n) is 2.49. The molecule has 0 spiro atoms. The van der Waals surface area contributed by atoms with Gasteiger partial charge in [0.1, 0.15) is 19.0 Å². The monoisotopic (exact) mass is 417 g/mol. The Morgan fingerprint density at radius 1 is 1.07 bits per heavy atom. The molecule has 3 aromatic rings. The second-order valence-electron chi connectivity index (χ2n) is 5.73. The normalized spacial score (nSPS) is 10.6. The van der Waals surface area contributed by atoms with E-state index < -0.39 is 0 Å². The molecule has 2 aromatic carbocycles. The van der Waals surface area contributed by atoms with Gasteiger partial charge in [-0.1, -0.05) is 53.7 Å². The molecule has 3 rings (SSSR count). The molecular weight excluding hydrogens is 398 g/mol. The minimum atomic E-state index is -0.323. The van der Waals surface area contributed by atoms with E-state index in [0.29, 0.717) is 22.5 Å². The predicted molar refractivity (Wildman–Crippen MR) is 110 cm³/mol. The van der Waals surface area contributed by atoms with Gasteiger partial charge in [-0.25, -0.2) is 0 Å². The number of aromatic nitrogens is 3. The highest BCUT2D eigenvalue weighted by molar-refractivity contribution is 7.99. The maximum absolute atomic E-state index is 12.0. The molecule has 1 aromatic heterocycles. The minimum Gasteiger partial charge on any atom is -0.490 e. The van der Waals surface area contributed by atoms with E-state index in [0.717, 1.165) is 11.4 Å². The van der Waals surface area contributed by atoms with Crippen LogP contribution in [0.5, 0.6) is 5.75 Å². The van der Waals surface area contributed by atoms with Crippen molar-refractivity contribution in [2.24, 2.45) is 0 Å². The second-order valence-corrected chi connectivity index (χ2v) is 7.11. The molecule has 0 aliphatic rings. The van der Waals surface area contributed by atoms with Gasteiger partial charge in [0.15, 0.2) is 11.0 Å². The minimum absolute atomic E-state index is 0.161. The van der Waals surface area contributed by atoms with E-state index in [9.17, 15) is 4.79 Å². The molecule has 6 nitrogen and oxygen atoms in total. The van der Waals surface area contributed by atoms with Gasteiger partial charge < -0.3 is 14.0 Å². The lowest BCUT2D eigenvalue weighted by atomic mass is 10.2. The first-order valence-corrected chi connectivity index (χ1v) is 10.2. The number of carbonyl (C=O) groups is 1. The van der Waals surface area contributed by atoms with E-state index >= 15 is 0 Å². The topological polar surface area (TPSA) is 66.2 Å². The van der Waals surface area contributed by atoms with E-state index in [1.54, 1.807) is 24.3 Å². The van der Waals surface area contributed by atoms with Gasteiger partial charge in [-0.3, -0.25) is 4.79 Å². The largest absolute Gasteiger partial charge is 0.490 e. The summed E-state index contributed by atoms with van der Waals surface area (Å²) in [5, 5.41) is 9.81. The van der Waals surface area contributed by atoms with Gasteiger partial charge in [0, 0.05) is 17.1 Å². The number of halogens is 1. The third-order valence-corrected chi connectivity index (χ3v) is 5.01. The van der Waals surface area contributed by atoms with Crippen molar-refractivity contribution in [2.45, 2.75) is 18.6 Å². The Morgan fingerprint density at radius 2 is 1.82 bits per heavy atom. The Morgan fingerprint density at radius 3 is 2.54 bits per heavy atom. The Hall–Kier alpha value is -2.51. The van der Waals surface area contributed by atoms with E-state index in [4.69, 9.17) is 21.1 Å². The van der Waals surface area contributed by atoms with Gasteiger partial charge in [-0.05, 0) is 31.2 Å². The van der Waals surface area contributed by atoms with Crippen molar-refractivity contribution in [1.82, 2.24) is 14.8 Å². The van der Waals surface area contributed by atoms with Crippen LogP contribution in [-0.2, 0) is 16.1 Å². The molecule has 0 amide bonds. The van der Waals surface area contributed by atoms with Crippen molar-refractivity contribution in [2.75, 3.05) is 19.0 Å². The summed E-state index contributed by atoms with van der Waals surface area (Å²) in [6.07, 6.45) is 0. The predicted octanol–water partition coefficient (Wildman–Crippen LogP) is 4.33. The number of benzene rings is 2. The summed E-state index contributed by atoms with van der Waals surface area (Å²) in [5.74, 6) is 1.31. The van der Waals surface area contributed by atoms with Crippen LogP contribution < -0.4 is 4.74 Å². The Kier molecular flexibility index (Phi) is 7.33. The van der Waals surface area contributed by atoms with Crippen LogP contribution in [0, 0.1) is 0 Å². The molecule has 8 heteroatoms. The smallest absolute Gasteiger partial charge is 0.316 e. The van der Waals surface area contributed by atoms with E-state index in [2.05, 4.69) is 10.2 Å². The molecule has 0 radical (unpaired) electrons. The maximum atomic E-state index is 12.0. The summed E-state index contributed by atoms with van der Waals surface area (Å²) >= 11 is 7.13. The van der Waals surface area contributed by atoms with Crippen molar-refractivity contribution in [3.05, 3.63) is 59.6 Å². The first-order chi connectivity index (χ1) is 13.7. The molecule has 0 N–H and O–H groups in total. The van der Waals surface area contributed by atoms with Gasteiger partial charge >= 0.3 is 5.97 Å². The van der Waals surface area contributed by atoms with Crippen LogP contribution in [0.1, 0.15) is 6.92 Å². The summed E-state index contributed by atoms with van der Waals surface area (Å²) in [6.45, 7) is 3.19. The number of nitrogens with zero attached hydrogens (tertiary/aromatic N) is 3. The Labute approximate surface area is 172 Å². The molecule has 0 aliphatic carbocycles. The summed E-state index contributed by atoms with van der Waals surface area (Å²) < 4.78 is 12.7. The van der Waals surface area contributed by atoms with Crippen molar-refractivity contribution >= 4 is 29.3 Å². The van der Waals surface area contributed by atoms with Crippen LogP contribution in [-0.4, -0.2) is 39.7 Å². The Balaban J connectivity index is 1.45. The van der Waals surface area contributed by atoms with E-state index in [1.165, 1.54) is 11.8 Å². The average molecular weight is 418 g/mol. The molecule has 0 fully saturated rings. The zero-order valence-corrected chi connectivity index (χ0v) is 16.9. The van der Waals surface area contributed by atoms with Crippen molar-refractivity contribution < 1.29 is 14.3 Å². The third kappa shape index (κ3) is 5.50. The second kappa shape index (κ2) is 10.1. The van der Waals surface area contributed by atoms with Crippen LogP contribution in [0.2, 0.25) is 5.02 Å². The van der Waals surface area contributed by atoms with Crippen molar-refractivity contribution in [3.63, 3.8) is 0 Å². The summed E-state index contributed by atoms with van der Waals surface area (Å²) in [6, 6.07) is 16.9. The van der Waals surface area contributed by atoms with Gasteiger partial charge in [-0.15, -0.1) is 10.2 Å². The van der Waals surface area contributed by atoms with Crippen molar-refractivity contribution in [3.8, 4) is 17.1 Å². The molecule has 28 heavy (non-hydrogen) atoms. The molecule has 0 bridgehead atoms. The quantitative estimate of drug-likeness (QED) is 0.293. The van der Waals surface area contributed by atoms with Crippen LogP contribution in [0.4, 0.5) is 0 Å². The number of rotatable bonds is 9. The molecule has 146 valence electrons. The first kappa shape index (κ1) is 20.2. The molecular formula is C20H20ClN3O3S. The van der Waals surface area contributed by atoms with Crippen LogP contribution in [0.25, 0.3) is 11.4 Å². The maximum Gasteiger partial charge on any atom is 0.316 e. The van der Waals surface area contributed by atoms with Crippen LogP contribution in [0.15, 0.2) is 59.8 Å². The van der Waals surface area contributed by atoms with Crippen LogP contribution >= 0.6 is 23.4 Å². The molecule has 1 heterocycles. The zero-order chi connectivity index (χ0) is 19.8. The highest BCUT2D eigenvalue weighted by Crippen LogP contribution is 2.23. The number of thioether (sulfide) groups is 1. The number of hydrogen-bond acceptors (Lipinski definition) is 6. The highest BCUT2D eigenvalue weighted by atomic mass is 35.5. The molecule has 0 saturated heterocycles. The summed E-state index contributed by atoms with van der Waals surface area (Å²) in [5.41, 5.74) is 0.991. The van der Waals surface area contributed by atoms with Gasteiger partial charge in [0.2, 0.25) is 0 Å².